The quantitative estimate of drug-likeness (QED) is 0.661. The van der Waals surface area contributed by atoms with Crippen LogP contribution >= 0.6 is 0 Å². The smallest absolute Gasteiger partial charge is 0.254 e. The fraction of sp³-hybridized carbons (Fsp3) is 0.900. The second-order valence-corrected chi connectivity index (χ2v) is 4.21. The van der Waals surface area contributed by atoms with Crippen LogP contribution in [0.3, 0.4) is 0 Å². The van der Waals surface area contributed by atoms with Crippen molar-refractivity contribution in [3.63, 3.8) is 0 Å². The van der Waals surface area contributed by atoms with Gasteiger partial charge in [0.2, 0.25) is 0 Å². The SMILES string of the molecule is O=C1NC[C@H](C2CCCCC2)[C@@H]1F. The van der Waals surface area contributed by atoms with Crippen LogP contribution in [0.1, 0.15) is 32.1 Å². The first-order chi connectivity index (χ1) is 6.29. The number of alkyl halides is 1. The molecule has 13 heavy (non-hydrogen) atoms. The molecule has 1 aliphatic carbocycles. The molecule has 1 aliphatic heterocycles. The van der Waals surface area contributed by atoms with E-state index in [1.54, 1.807) is 0 Å². The van der Waals surface area contributed by atoms with Gasteiger partial charge in [-0.2, -0.15) is 0 Å². The van der Waals surface area contributed by atoms with Crippen molar-refractivity contribution in [3.8, 4) is 0 Å². The molecule has 2 fully saturated rings. The van der Waals surface area contributed by atoms with Crippen molar-refractivity contribution in [2.24, 2.45) is 11.8 Å². The predicted octanol–water partition coefficient (Wildman–Crippen LogP) is 1.65. The molecular weight excluding hydrogens is 169 g/mol. The van der Waals surface area contributed by atoms with Gasteiger partial charge in [-0.3, -0.25) is 4.79 Å². The molecule has 1 N–H and O–H groups in total. The average Bonchev–Trinajstić information content (AvgIpc) is 2.49. The minimum atomic E-state index is -1.23. The van der Waals surface area contributed by atoms with Gasteiger partial charge in [-0.25, -0.2) is 4.39 Å². The molecule has 0 aromatic heterocycles. The van der Waals surface area contributed by atoms with E-state index in [2.05, 4.69) is 5.32 Å². The monoisotopic (exact) mass is 185 g/mol. The zero-order valence-electron chi connectivity index (χ0n) is 7.76. The molecule has 74 valence electrons. The Labute approximate surface area is 77.9 Å². The third kappa shape index (κ3) is 1.69. The van der Waals surface area contributed by atoms with Crippen molar-refractivity contribution >= 4 is 5.91 Å². The summed E-state index contributed by atoms with van der Waals surface area (Å²) in [6.45, 7) is 0.560. The second kappa shape index (κ2) is 3.64. The van der Waals surface area contributed by atoms with Crippen LogP contribution in [0.2, 0.25) is 0 Å². The van der Waals surface area contributed by atoms with Crippen molar-refractivity contribution in [3.05, 3.63) is 0 Å². The normalized spacial score (nSPS) is 36.2. The number of amides is 1. The lowest BCUT2D eigenvalue weighted by Crippen LogP contribution is -2.26. The van der Waals surface area contributed by atoms with E-state index in [0.717, 1.165) is 12.8 Å². The summed E-state index contributed by atoms with van der Waals surface area (Å²) in [5.41, 5.74) is 0. The molecule has 0 aromatic carbocycles. The summed E-state index contributed by atoms with van der Waals surface area (Å²) in [5, 5.41) is 2.60. The van der Waals surface area contributed by atoms with Gasteiger partial charge in [-0.05, 0) is 18.8 Å². The topological polar surface area (TPSA) is 29.1 Å². The molecule has 1 saturated heterocycles. The largest absolute Gasteiger partial charge is 0.353 e. The van der Waals surface area contributed by atoms with Crippen LogP contribution in [0.5, 0.6) is 0 Å². The summed E-state index contributed by atoms with van der Waals surface area (Å²) in [7, 11) is 0. The number of nitrogens with one attached hydrogen (secondary N) is 1. The van der Waals surface area contributed by atoms with E-state index in [0.29, 0.717) is 12.5 Å². The molecule has 0 radical (unpaired) electrons. The Hall–Kier alpha value is -0.600. The van der Waals surface area contributed by atoms with E-state index in [9.17, 15) is 9.18 Å². The highest BCUT2D eigenvalue weighted by Gasteiger charge is 2.39. The van der Waals surface area contributed by atoms with Crippen LogP contribution in [0.4, 0.5) is 4.39 Å². The Kier molecular flexibility index (Phi) is 2.51. The number of hydrogen-bond acceptors (Lipinski definition) is 1. The lowest BCUT2D eigenvalue weighted by atomic mass is 9.79. The molecule has 3 heteroatoms. The molecular formula is C10H16FNO. The average molecular weight is 185 g/mol. The molecule has 2 nitrogen and oxygen atoms in total. The summed E-state index contributed by atoms with van der Waals surface area (Å²) in [4.78, 5) is 10.9. The Morgan fingerprint density at radius 3 is 2.46 bits per heavy atom. The highest BCUT2D eigenvalue weighted by Crippen LogP contribution is 2.34. The van der Waals surface area contributed by atoms with Crippen molar-refractivity contribution < 1.29 is 9.18 Å². The maximum absolute atomic E-state index is 13.4. The van der Waals surface area contributed by atoms with Crippen LogP contribution < -0.4 is 5.32 Å². The van der Waals surface area contributed by atoms with Gasteiger partial charge in [0, 0.05) is 12.5 Å². The molecule has 0 aromatic rings. The molecule has 0 bridgehead atoms. The maximum Gasteiger partial charge on any atom is 0.254 e. The molecule has 2 aliphatic rings. The Balaban J connectivity index is 1.95. The highest BCUT2D eigenvalue weighted by molar-refractivity contribution is 5.83. The third-order valence-electron chi connectivity index (χ3n) is 3.39. The van der Waals surface area contributed by atoms with E-state index >= 15 is 0 Å². The summed E-state index contributed by atoms with van der Waals surface area (Å²) in [6, 6.07) is 0. The third-order valence-corrected chi connectivity index (χ3v) is 3.39. The minimum absolute atomic E-state index is 0.0344. The number of rotatable bonds is 1. The number of hydrogen-bond donors (Lipinski definition) is 1. The Morgan fingerprint density at radius 2 is 1.92 bits per heavy atom. The summed E-state index contributed by atoms with van der Waals surface area (Å²) in [6.07, 6.45) is 4.69. The number of halogens is 1. The molecule has 1 saturated carbocycles. The van der Waals surface area contributed by atoms with Gasteiger partial charge in [0.25, 0.3) is 5.91 Å². The van der Waals surface area contributed by atoms with E-state index in [-0.39, 0.29) is 5.92 Å². The molecule has 2 atom stereocenters. The maximum atomic E-state index is 13.4. The first kappa shape index (κ1) is 8.97. The number of carbonyl (C=O) groups excluding carboxylic acids is 1. The van der Waals surface area contributed by atoms with Crippen LogP contribution in [-0.4, -0.2) is 18.6 Å². The van der Waals surface area contributed by atoms with Crippen LogP contribution in [0.25, 0.3) is 0 Å². The first-order valence-corrected chi connectivity index (χ1v) is 5.21. The molecule has 0 unspecified atom stereocenters. The van der Waals surface area contributed by atoms with Gasteiger partial charge < -0.3 is 5.32 Å². The summed E-state index contributed by atoms with van der Waals surface area (Å²) >= 11 is 0. The first-order valence-electron chi connectivity index (χ1n) is 5.21. The highest BCUT2D eigenvalue weighted by atomic mass is 19.1. The van der Waals surface area contributed by atoms with Crippen LogP contribution in [0.15, 0.2) is 0 Å². The Bertz CT molecular complexity index is 201. The molecule has 0 spiro atoms. The predicted molar refractivity (Wildman–Crippen MR) is 48.0 cm³/mol. The van der Waals surface area contributed by atoms with Crippen molar-refractivity contribution in [2.45, 2.75) is 38.3 Å². The standard InChI is InChI=1S/C10H16FNO/c11-9-8(6-12-10(9)13)7-4-2-1-3-5-7/h7-9H,1-6H2,(H,12,13)/t8-,9+/m1/s1. The van der Waals surface area contributed by atoms with Crippen LogP contribution in [0, 0.1) is 11.8 Å². The lowest BCUT2D eigenvalue weighted by molar-refractivity contribution is -0.124. The fourth-order valence-electron chi connectivity index (χ4n) is 2.58. The fourth-order valence-corrected chi connectivity index (χ4v) is 2.58. The summed E-state index contributed by atoms with van der Waals surface area (Å²) < 4.78 is 13.4. The molecule has 2 rings (SSSR count). The zero-order valence-corrected chi connectivity index (χ0v) is 7.76. The number of carbonyl (C=O) groups is 1. The van der Waals surface area contributed by atoms with E-state index in [1.807, 2.05) is 0 Å². The van der Waals surface area contributed by atoms with Crippen molar-refractivity contribution in [1.82, 2.24) is 5.32 Å². The van der Waals surface area contributed by atoms with E-state index in [1.165, 1.54) is 19.3 Å². The lowest BCUT2D eigenvalue weighted by Gasteiger charge is -2.27. The van der Waals surface area contributed by atoms with Gasteiger partial charge in [0.1, 0.15) is 0 Å². The van der Waals surface area contributed by atoms with Gasteiger partial charge in [0.15, 0.2) is 6.17 Å². The molecule has 1 heterocycles. The summed E-state index contributed by atoms with van der Waals surface area (Å²) in [5.74, 6) is 0.0195. The van der Waals surface area contributed by atoms with Crippen LogP contribution in [-0.2, 0) is 4.79 Å². The van der Waals surface area contributed by atoms with Crippen molar-refractivity contribution in [1.29, 1.82) is 0 Å². The van der Waals surface area contributed by atoms with E-state index < -0.39 is 12.1 Å². The second-order valence-electron chi connectivity index (χ2n) is 4.21. The zero-order chi connectivity index (χ0) is 9.26. The van der Waals surface area contributed by atoms with E-state index in [4.69, 9.17) is 0 Å². The van der Waals surface area contributed by atoms with Gasteiger partial charge in [-0.15, -0.1) is 0 Å². The minimum Gasteiger partial charge on any atom is -0.353 e. The van der Waals surface area contributed by atoms with Gasteiger partial charge in [0.05, 0.1) is 0 Å². The molecule has 1 amide bonds. The van der Waals surface area contributed by atoms with Gasteiger partial charge in [-0.1, -0.05) is 19.3 Å². The van der Waals surface area contributed by atoms with Crippen molar-refractivity contribution in [2.75, 3.05) is 6.54 Å². The Morgan fingerprint density at radius 1 is 1.23 bits per heavy atom. The van der Waals surface area contributed by atoms with Gasteiger partial charge >= 0.3 is 0 Å².